The van der Waals surface area contributed by atoms with Crippen LogP contribution >= 0.6 is 0 Å². The highest BCUT2D eigenvalue weighted by Gasteiger charge is 2.25. The second kappa shape index (κ2) is 6.71. The minimum Gasteiger partial charge on any atom is -0.495 e. The van der Waals surface area contributed by atoms with E-state index in [-0.39, 0.29) is 12.7 Å². The summed E-state index contributed by atoms with van der Waals surface area (Å²) < 4.78 is 10.8. The van der Waals surface area contributed by atoms with Gasteiger partial charge in [0.15, 0.2) is 0 Å². The van der Waals surface area contributed by atoms with Crippen LogP contribution in [0.25, 0.3) is 0 Å². The SMILES string of the molecule is COc1cc(CN2CC(CO)OCC2C)ccc1C#N. The van der Waals surface area contributed by atoms with Crippen molar-refractivity contribution in [3.63, 3.8) is 0 Å². The number of hydrogen-bond acceptors (Lipinski definition) is 5. The second-order valence-electron chi connectivity index (χ2n) is 5.06. The summed E-state index contributed by atoms with van der Waals surface area (Å²) in [6.07, 6.45) is -0.119. The first-order valence-electron chi connectivity index (χ1n) is 6.71. The highest BCUT2D eigenvalue weighted by molar-refractivity contribution is 5.45. The maximum absolute atomic E-state index is 9.20. The van der Waals surface area contributed by atoms with Gasteiger partial charge in [-0.15, -0.1) is 0 Å². The van der Waals surface area contributed by atoms with E-state index in [0.717, 1.165) is 12.1 Å². The summed E-state index contributed by atoms with van der Waals surface area (Å²) in [5.74, 6) is 0.602. The summed E-state index contributed by atoms with van der Waals surface area (Å²) in [5.41, 5.74) is 1.63. The summed E-state index contributed by atoms with van der Waals surface area (Å²) >= 11 is 0. The van der Waals surface area contributed by atoms with Crippen molar-refractivity contribution in [3.8, 4) is 11.8 Å². The Labute approximate surface area is 119 Å². The molecule has 0 amide bonds. The van der Waals surface area contributed by atoms with Gasteiger partial charge in [0, 0.05) is 19.1 Å². The zero-order chi connectivity index (χ0) is 14.5. The molecule has 1 N–H and O–H groups in total. The van der Waals surface area contributed by atoms with Gasteiger partial charge in [-0.05, 0) is 24.6 Å². The van der Waals surface area contributed by atoms with Gasteiger partial charge in [-0.2, -0.15) is 5.26 Å². The molecule has 0 aliphatic carbocycles. The molecule has 108 valence electrons. The van der Waals surface area contributed by atoms with Crippen molar-refractivity contribution in [1.82, 2.24) is 4.90 Å². The average Bonchev–Trinajstić information content (AvgIpc) is 2.49. The fourth-order valence-corrected chi connectivity index (χ4v) is 2.37. The van der Waals surface area contributed by atoms with Crippen LogP contribution in [0.15, 0.2) is 18.2 Å². The molecule has 1 aliphatic rings. The molecule has 1 saturated heterocycles. The zero-order valence-electron chi connectivity index (χ0n) is 11.9. The van der Waals surface area contributed by atoms with Crippen LogP contribution in [0.2, 0.25) is 0 Å². The normalized spacial score (nSPS) is 23.3. The molecule has 1 aromatic rings. The Hall–Kier alpha value is -1.61. The van der Waals surface area contributed by atoms with Crippen LogP contribution in [0, 0.1) is 11.3 Å². The first kappa shape index (κ1) is 14.8. The van der Waals surface area contributed by atoms with E-state index in [0.29, 0.717) is 30.5 Å². The Morgan fingerprint density at radius 3 is 3.00 bits per heavy atom. The number of aliphatic hydroxyl groups excluding tert-OH is 1. The second-order valence-corrected chi connectivity index (χ2v) is 5.06. The fraction of sp³-hybridized carbons (Fsp3) is 0.533. The summed E-state index contributed by atoms with van der Waals surface area (Å²) in [6.45, 7) is 4.23. The molecule has 2 rings (SSSR count). The van der Waals surface area contributed by atoms with Crippen molar-refractivity contribution < 1.29 is 14.6 Å². The van der Waals surface area contributed by atoms with E-state index in [1.54, 1.807) is 13.2 Å². The number of rotatable bonds is 4. The predicted octanol–water partition coefficient (Wildman–Crippen LogP) is 1.15. The number of aliphatic hydroxyl groups is 1. The van der Waals surface area contributed by atoms with Gasteiger partial charge in [0.2, 0.25) is 0 Å². The molecule has 1 heterocycles. The highest BCUT2D eigenvalue weighted by Crippen LogP contribution is 2.22. The Kier molecular flexibility index (Phi) is 4.96. The summed E-state index contributed by atoms with van der Waals surface area (Å²) in [5, 5.41) is 18.2. The molecule has 0 spiro atoms. The minimum absolute atomic E-state index is 0.0416. The van der Waals surface area contributed by atoms with E-state index in [1.165, 1.54) is 0 Å². The topological polar surface area (TPSA) is 65.7 Å². The van der Waals surface area contributed by atoms with Gasteiger partial charge >= 0.3 is 0 Å². The summed E-state index contributed by atoms with van der Waals surface area (Å²) in [4.78, 5) is 2.27. The number of methoxy groups -OCH3 is 1. The first-order valence-corrected chi connectivity index (χ1v) is 6.71. The van der Waals surface area contributed by atoms with Gasteiger partial charge in [0.25, 0.3) is 0 Å². The molecule has 2 atom stereocenters. The van der Waals surface area contributed by atoms with Gasteiger partial charge in [-0.1, -0.05) is 6.07 Å². The molecule has 5 nitrogen and oxygen atoms in total. The summed E-state index contributed by atoms with van der Waals surface area (Å²) in [7, 11) is 1.57. The Balaban J connectivity index is 2.11. The lowest BCUT2D eigenvalue weighted by Gasteiger charge is -2.37. The van der Waals surface area contributed by atoms with E-state index in [4.69, 9.17) is 14.7 Å². The number of hydrogen-bond donors (Lipinski definition) is 1. The van der Waals surface area contributed by atoms with Crippen molar-refractivity contribution >= 4 is 0 Å². The van der Waals surface area contributed by atoms with Crippen molar-refractivity contribution in [2.75, 3.05) is 26.9 Å². The molecular weight excluding hydrogens is 256 g/mol. The van der Waals surface area contributed by atoms with Gasteiger partial charge in [-0.3, -0.25) is 4.90 Å². The molecule has 0 radical (unpaired) electrons. The molecule has 5 heteroatoms. The average molecular weight is 276 g/mol. The zero-order valence-corrected chi connectivity index (χ0v) is 11.9. The van der Waals surface area contributed by atoms with Crippen LogP contribution in [0.1, 0.15) is 18.1 Å². The molecule has 1 fully saturated rings. The lowest BCUT2D eigenvalue weighted by Crippen LogP contribution is -2.48. The quantitative estimate of drug-likeness (QED) is 0.893. The van der Waals surface area contributed by atoms with Crippen molar-refractivity contribution in [2.24, 2.45) is 0 Å². The van der Waals surface area contributed by atoms with E-state index in [1.807, 2.05) is 12.1 Å². The summed E-state index contributed by atoms with van der Waals surface area (Å²) in [6, 6.07) is 8.04. The largest absolute Gasteiger partial charge is 0.495 e. The third-order valence-corrected chi connectivity index (χ3v) is 3.61. The number of ether oxygens (including phenoxy) is 2. The maximum Gasteiger partial charge on any atom is 0.136 e. The van der Waals surface area contributed by atoms with Crippen LogP contribution < -0.4 is 4.74 Å². The fourth-order valence-electron chi connectivity index (χ4n) is 2.37. The number of benzene rings is 1. The lowest BCUT2D eigenvalue weighted by molar-refractivity contribution is -0.0805. The molecule has 1 aromatic carbocycles. The minimum atomic E-state index is -0.119. The van der Waals surface area contributed by atoms with Crippen molar-refractivity contribution in [1.29, 1.82) is 5.26 Å². The standard InChI is InChI=1S/C15H20N2O3/c1-11-10-20-14(9-18)8-17(11)7-12-3-4-13(6-16)15(5-12)19-2/h3-5,11,14,18H,7-10H2,1-2H3. The Morgan fingerprint density at radius 1 is 1.55 bits per heavy atom. The molecule has 1 aliphatic heterocycles. The van der Waals surface area contributed by atoms with Crippen LogP contribution in [0.4, 0.5) is 0 Å². The van der Waals surface area contributed by atoms with Crippen molar-refractivity contribution in [2.45, 2.75) is 25.6 Å². The molecule has 0 bridgehead atoms. The van der Waals surface area contributed by atoms with E-state index < -0.39 is 0 Å². The Bertz CT molecular complexity index is 498. The third-order valence-electron chi connectivity index (χ3n) is 3.61. The lowest BCUT2D eigenvalue weighted by atomic mass is 10.1. The number of nitrogens with zero attached hydrogens (tertiary/aromatic N) is 2. The van der Waals surface area contributed by atoms with Crippen LogP contribution in [0.3, 0.4) is 0 Å². The van der Waals surface area contributed by atoms with Gasteiger partial charge in [0.05, 0.1) is 32.0 Å². The van der Waals surface area contributed by atoms with Gasteiger partial charge in [0.1, 0.15) is 11.8 Å². The Morgan fingerprint density at radius 2 is 2.35 bits per heavy atom. The molecule has 0 aromatic heterocycles. The third kappa shape index (κ3) is 3.28. The van der Waals surface area contributed by atoms with Crippen LogP contribution in [-0.2, 0) is 11.3 Å². The maximum atomic E-state index is 9.20. The number of morpholine rings is 1. The van der Waals surface area contributed by atoms with Gasteiger partial charge in [-0.25, -0.2) is 0 Å². The highest BCUT2D eigenvalue weighted by atomic mass is 16.5. The van der Waals surface area contributed by atoms with E-state index in [9.17, 15) is 5.11 Å². The van der Waals surface area contributed by atoms with Crippen LogP contribution in [-0.4, -0.2) is 49.0 Å². The molecule has 20 heavy (non-hydrogen) atoms. The predicted molar refractivity (Wildman–Crippen MR) is 74.4 cm³/mol. The molecule has 2 unspecified atom stereocenters. The van der Waals surface area contributed by atoms with Crippen molar-refractivity contribution in [3.05, 3.63) is 29.3 Å². The van der Waals surface area contributed by atoms with E-state index in [2.05, 4.69) is 17.9 Å². The number of nitriles is 1. The molecule has 0 saturated carbocycles. The van der Waals surface area contributed by atoms with Crippen LogP contribution in [0.5, 0.6) is 5.75 Å². The smallest absolute Gasteiger partial charge is 0.136 e. The monoisotopic (exact) mass is 276 g/mol. The molecular formula is C15H20N2O3. The van der Waals surface area contributed by atoms with Gasteiger partial charge < -0.3 is 14.6 Å². The first-order chi connectivity index (χ1) is 9.67. The van der Waals surface area contributed by atoms with E-state index >= 15 is 0 Å².